The second-order valence-corrected chi connectivity index (χ2v) is 4.17. The second-order valence-electron chi connectivity index (χ2n) is 4.17. The molecule has 0 aliphatic carbocycles. The van der Waals surface area contributed by atoms with Gasteiger partial charge in [-0.1, -0.05) is 0 Å². The fourth-order valence-corrected chi connectivity index (χ4v) is 2.17. The van der Waals surface area contributed by atoms with Crippen molar-refractivity contribution in [2.45, 2.75) is 13.3 Å². The van der Waals surface area contributed by atoms with E-state index in [4.69, 9.17) is 5.73 Å². The first kappa shape index (κ1) is 11.8. The minimum Gasteiger partial charge on any atom is -0.330 e. The summed E-state index contributed by atoms with van der Waals surface area (Å²) < 4.78 is 14.7. The molecule has 0 aliphatic rings. The Labute approximate surface area is 98.7 Å². The Hall–Kier alpha value is -1.68. The van der Waals surface area contributed by atoms with Gasteiger partial charge in [0, 0.05) is 18.0 Å². The number of nitrogens with two attached hydrogens (primary N) is 1. The third kappa shape index (κ3) is 1.85. The van der Waals surface area contributed by atoms with Gasteiger partial charge in [0.2, 0.25) is 0 Å². The van der Waals surface area contributed by atoms with E-state index in [1.54, 1.807) is 13.1 Å². The van der Waals surface area contributed by atoms with Crippen LogP contribution in [0.25, 0.3) is 10.9 Å². The van der Waals surface area contributed by atoms with Gasteiger partial charge in [0.25, 0.3) is 5.56 Å². The predicted octanol–water partition coefficient (Wildman–Crippen LogP) is 1.49. The van der Waals surface area contributed by atoms with E-state index in [0.29, 0.717) is 24.0 Å². The molecular weight excluding hydrogens is 219 g/mol. The first-order valence-electron chi connectivity index (χ1n) is 5.54. The summed E-state index contributed by atoms with van der Waals surface area (Å²) >= 11 is 0. The van der Waals surface area contributed by atoms with Crippen LogP contribution in [0.3, 0.4) is 0 Å². The van der Waals surface area contributed by atoms with Crippen LogP contribution in [0.1, 0.15) is 11.1 Å². The summed E-state index contributed by atoms with van der Waals surface area (Å²) in [6, 6.07) is 4.50. The third-order valence-corrected chi connectivity index (χ3v) is 3.13. The van der Waals surface area contributed by atoms with Gasteiger partial charge in [-0.3, -0.25) is 4.79 Å². The normalized spacial score (nSPS) is 11.1. The van der Waals surface area contributed by atoms with Crippen LogP contribution < -0.4 is 11.3 Å². The fraction of sp³-hybridized carbons (Fsp3) is 0.308. The van der Waals surface area contributed by atoms with Crippen molar-refractivity contribution in [2.75, 3.05) is 6.54 Å². The van der Waals surface area contributed by atoms with E-state index in [9.17, 15) is 9.18 Å². The minimum absolute atomic E-state index is 0.0916. The number of halogens is 1. The smallest absolute Gasteiger partial charge is 0.254 e. The lowest BCUT2D eigenvalue weighted by Gasteiger charge is -2.12. The molecule has 90 valence electrons. The number of fused-ring (bicyclic) bond motifs is 1. The SMILES string of the molecule is Cc1c(CCN)c(=O)n(C)c2cc(F)ccc12. The molecule has 4 heteroatoms. The lowest BCUT2D eigenvalue weighted by molar-refractivity contribution is 0.628. The molecule has 1 aromatic heterocycles. The van der Waals surface area contributed by atoms with Crippen molar-refractivity contribution in [1.29, 1.82) is 0 Å². The van der Waals surface area contributed by atoms with E-state index in [0.717, 1.165) is 10.9 Å². The van der Waals surface area contributed by atoms with Crippen LogP contribution in [0.4, 0.5) is 4.39 Å². The molecule has 0 saturated carbocycles. The Bertz CT molecular complexity index is 631. The molecular formula is C13H15FN2O. The van der Waals surface area contributed by atoms with Gasteiger partial charge in [0.15, 0.2) is 0 Å². The van der Waals surface area contributed by atoms with Crippen LogP contribution in [0, 0.1) is 12.7 Å². The van der Waals surface area contributed by atoms with Crippen LogP contribution in [-0.4, -0.2) is 11.1 Å². The van der Waals surface area contributed by atoms with Crippen molar-refractivity contribution >= 4 is 10.9 Å². The molecule has 0 spiro atoms. The Morgan fingerprint density at radius 1 is 1.41 bits per heavy atom. The number of rotatable bonds is 2. The third-order valence-electron chi connectivity index (χ3n) is 3.13. The van der Waals surface area contributed by atoms with Gasteiger partial charge in [0.05, 0.1) is 5.52 Å². The maximum Gasteiger partial charge on any atom is 0.254 e. The molecule has 1 heterocycles. The van der Waals surface area contributed by atoms with E-state index >= 15 is 0 Å². The largest absolute Gasteiger partial charge is 0.330 e. The summed E-state index contributed by atoms with van der Waals surface area (Å²) in [6.45, 7) is 2.31. The van der Waals surface area contributed by atoms with Crippen LogP contribution in [0.15, 0.2) is 23.0 Å². The van der Waals surface area contributed by atoms with E-state index in [1.807, 2.05) is 6.92 Å². The Morgan fingerprint density at radius 2 is 2.12 bits per heavy atom. The Morgan fingerprint density at radius 3 is 2.76 bits per heavy atom. The van der Waals surface area contributed by atoms with Crippen molar-refractivity contribution in [1.82, 2.24) is 4.57 Å². The fourth-order valence-electron chi connectivity index (χ4n) is 2.17. The lowest BCUT2D eigenvalue weighted by atomic mass is 10.0. The summed E-state index contributed by atoms with van der Waals surface area (Å²) in [5, 5.41) is 0.900. The van der Waals surface area contributed by atoms with Crippen molar-refractivity contribution in [3.63, 3.8) is 0 Å². The lowest BCUT2D eigenvalue weighted by Crippen LogP contribution is -2.25. The zero-order valence-corrected chi connectivity index (χ0v) is 9.96. The summed E-state index contributed by atoms with van der Waals surface area (Å²) in [5.41, 5.74) is 7.65. The molecule has 2 N–H and O–H groups in total. The average molecular weight is 234 g/mol. The number of hydrogen-bond acceptors (Lipinski definition) is 2. The van der Waals surface area contributed by atoms with Crippen molar-refractivity contribution < 1.29 is 4.39 Å². The number of benzene rings is 1. The van der Waals surface area contributed by atoms with E-state index in [2.05, 4.69) is 0 Å². The van der Waals surface area contributed by atoms with Crippen molar-refractivity contribution in [2.24, 2.45) is 12.8 Å². The van der Waals surface area contributed by atoms with Gasteiger partial charge >= 0.3 is 0 Å². The molecule has 0 atom stereocenters. The van der Waals surface area contributed by atoms with Crippen molar-refractivity contribution in [3.8, 4) is 0 Å². The highest BCUT2D eigenvalue weighted by Gasteiger charge is 2.11. The van der Waals surface area contributed by atoms with Gasteiger partial charge in [-0.15, -0.1) is 0 Å². The zero-order chi connectivity index (χ0) is 12.6. The summed E-state index contributed by atoms with van der Waals surface area (Å²) in [7, 11) is 1.66. The van der Waals surface area contributed by atoms with Gasteiger partial charge in [-0.05, 0) is 43.7 Å². The minimum atomic E-state index is -0.335. The first-order chi connectivity index (χ1) is 8.06. The van der Waals surface area contributed by atoms with Gasteiger partial charge in [0.1, 0.15) is 5.82 Å². The highest BCUT2D eigenvalue weighted by atomic mass is 19.1. The number of aromatic nitrogens is 1. The number of aryl methyl sites for hydroxylation is 2. The first-order valence-corrected chi connectivity index (χ1v) is 5.54. The molecule has 0 fully saturated rings. The topological polar surface area (TPSA) is 48.0 Å². The molecule has 0 aliphatic heterocycles. The van der Waals surface area contributed by atoms with Gasteiger partial charge in [-0.2, -0.15) is 0 Å². The summed E-state index contributed by atoms with van der Waals surface area (Å²) in [6.07, 6.45) is 0.547. The van der Waals surface area contributed by atoms with Gasteiger partial charge < -0.3 is 10.3 Å². The second kappa shape index (κ2) is 4.30. The molecule has 0 saturated heterocycles. The van der Waals surface area contributed by atoms with E-state index in [1.165, 1.54) is 16.7 Å². The molecule has 17 heavy (non-hydrogen) atoms. The Balaban J connectivity index is 2.89. The van der Waals surface area contributed by atoms with E-state index in [-0.39, 0.29) is 11.4 Å². The number of nitrogens with zero attached hydrogens (tertiary/aromatic N) is 1. The van der Waals surface area contributed by atoms with Crippen LogP contribution in [-0.2, 0) is 13.5 Å². The van der Waals surface area contributed by atoms with Crippen LogP contribution in [0.2, 0.25) is 0 Å². The molecule has 0 radical (unpaired) electrons. The standard InChI is InChI=1S/C13H15FN2O/c1-8-10-4-3-9(14)7-12(10)16(2)13(17)11(8)5-6-15/h3-4,7H,5-6,15H2,1-2H3. The van der Waals surface area contributed by atoms with E-state index < -0.39 is 0 Å². The average Bonchev–Trinajstić information content (AvgIpc) is 2.32. The molecule has 0 unspecified atom stereocenters. The highest BCUT2D eigenvalue weighted by Crippen LogP contribution is 2.20. The molecule has 2 aromatic rings. The molecule has 0 bridgehead atoms. The van der Waals surface area contributed by atoms with Crippen LogP contribution in [0.5, 0.6) is 0 Å². The van der Waals surface area contributed by atoms with Crippen molar-refractivity contribution in [3.05, 3.63) is 45.5 Å². The molecule has 2 rings (SSSR count). The number of pyridine rings is 1. The van der Waals surface area contributed by atoms with Crippen LogP contribution >= 0.6 is 0 Å². The quantitative estimate of drug-likeness (QED) is 0.855. The maximum absolute atomic E-state index is 13.2. The summed E-state index contributed by atoms with van der Waals surface area (Å²) in [5.74, 6) is -0.335. The number of hydrogen-bond donors (Lipinski definition) is 1. The Kier molecular flexibility index (Phi) is 2.98. The summed E-state index contributed by atoms with van der Waals surface area (Å²) in [4.78, 5) is 12.1. The molecule has 0 amide bonds. The zero-order valence-electron chi connectivity index (χ0n) is 9.96. The molecule has 3 nitrogen and oxygen atoms in total. The maximum atomic E-state index is 13.2. The highest BCUT2D eigenvalue weighted by molar-refractivity contribution is 5.83. The monoisotopic (exact) mass is 234 g/mol. The molecule has 1 aromatic carbocycles. The van der Waals surface area contributed by atoms with Gasteiger partial charge in [-0.25, -0.2) is 4.39 Å². The predicted molar refractivity (Wildman–Crippen MR) is 66.6 cm³/mol.